The second-order valence-electron chi connectivity index (χ2n) is 9.04. The van der Waals surface area contributed by atoms with Crippen molar-refractivity contribution in [2.75, 3.05) is 26.7 Å². The molecule has 1 aromatic rings. The molecule has 28 heavy (non-hydrogen) atoms. The van der Waals surface area contributed by atoms with Crippen molar-refractivity contribution in [3.8, 4) is 0 Å². The Labute approximate surface area is 166 Å². The Hall–Kier alpha value is -2.09. The first-order chi connectivity index (χ1) is 13.1. The minimum atomic E-state index is -0.556. The van der Waals surface area contributed by atoms with E-state index in [-0.39, 0.29) is 30.4 Å². The van der Waals surface area contributed by atoms with E-state index in [2.05, 4.69) is 6.92 Å². The SMILES string of the molecule is CC(CCO)C1CN(C)C(=O)c2c3c(nn2C1)CCN(C(=O)OC(C)(C)C)C3. The van der Waals surface area contributed by atoms with Crippen LogP contribution in [-0.2, 0) is 24.2 Å². The normalized spacial score (nSPS) is 21.1. The first-order valence-corrected chi connectivity index (χ1v) is 10.0. The molecule has 156 valence electrons. The molecule has 8 heteroatoms. The summed E-state index contributed by atoms with van der Waals surface area (Å²) in [6.45, 7) is 9.94. The molecule has 1 N–H and O–H groups in total. The van der Waals surface area contributed by atoms with Crippen LogP contribution in [0.3, 0.4) is 0 Å². The third kappa shape index (κ3) is 4.16. The summed E-state index contributed by atoms with van der Waals surface area (Å²) in [6, 6.07) is 0. The van der Waals surface area contributed by atoms with Gasteiger partial charge in [0, 0.05) is 45.3 Å². The number of carbonyl (C=O) groups excluding carboxylic acids is 2. The molecule has 0 saturated carbocycles. The third-order valence-electron chi connectivity index (χ3n) is 5.61. The largest absolute Gasteiger partial charge is 0.444 e. The average molecular weight is 393 g/mol. The van der Waals surface area contributed by atoms with Gasteiger partial charge in [-0.15, -0.1) is 0 Å². The maximum Gasteiger partial charge on any atom is 0.410 e. The van der Waals surface area contributed by atoms with Crippen molar-refractivity contribution >= 4 is 12.0 Å². The van der Waals surface area contributed by atoms with Crippen LogP contribution in [0.5, 0.6) is 0 Å². The molecule has 0 aliphatic carbocycles. The highest BCUT2D eigenvalue weighted by atomic mass is 16.6. The number of aromatic nitrogens is 2. The Morgan fingerprint density at radius 2 is 2.07 bits per heavy atom. The zero-order valence-corrected chi connectivity index (χ0v) is 17.6. The summed E-state index contributed by atoms with van der Waals surface area (Å²) >= 11 is 0. The standard InChI is InChI=1S/C20H32N4O4/c1-13(7-9-25)14-10-22(5)18(26)17-15-12-23(19(27)28-20(2,3)4)8-6-16(15)21-24(17)11-14/h13-14,25H,6-12H2,1-5H3. The van der Waals surface area contributed by atoms with Gasteiger partial charge in [-0.25, -0.2) is 4.79 Å². The zero-order chi connectivity index (χ0) is 20.6. The average Bonchev–Trinajstić information content (AvgIpc) is 2.90. The van der Waals surface area contributed by atoms with Crippen LogP contribution in [0.4, 0.5) is 4.79 Å². The Morgan fingerprint density at radius 1 is 1.36 bits per heavy atom. The number of aliphatic hydroxyl groups is 1. The lowest BCUT2D eigenvalue weighted by molar-refractivity contribution is 0.0222. The highest BCUT2D eigenvalue weighted by Crippen LogP contribution is 2.29. The monoisotopic (exact) mass is 392 g/mol. The van der Waals surface area contributed by atoms with E-state index >= 15 is 0 Å². The second kappa shape index (κ2) is 7.73. The van der Waals surface area contributed by atoms with Crippen LogP contribution in [0.25, 0.3) is 0 Å². The molecule has 2 aliphatic heterocycles. The fourth-order valence-electron chi connectivity index (χ4n) is 3.97. The van der Waals surface area contributed by atoms with Gasteiger partial charge in [-0.2, -0.15) is 5.10 Å². The van der Waals surface area contributed by atoms with E-state index in [0.29, 0.717) is 44.7 Å². The molecule has 0 radical (unpaired) electrons. The van der Waals surface area contributed by atoms with Gasteiger partial charge in [-0.1, -0.05) is 6.92 Å². The van der Waals surface area contributed by atoms with E-state index in [9.17, 15) is 14.7 Å². The fourth-order valence-corrected chi connectivity index (χ4v) is 3.97. The molecule has 2 atom stereocenters. The Morgan fingerprint density at radius 3 is 2.71 bits per heavy atom. The van der Waals surface area contributed by atoms with Crippen molar-refractivity contribution in [3.63, 3.8) is 0 Å². The first-order valence-electron chi connectivity index (χ1n) is 10.0. The third-order valence-corrected chi connectivity index (χ3v) is 5.61. The molecule has 3 heterocycles. The molecule has 2 amide bonds. The van der Waals surface area contributed by atoms with Crippen LogP contribution in [0.1, 0.15) is 55.9 Å². The number of hydrogen-bond acceptors (Lipinski definition) is 5. The highest BCUT2D eigenvalue weighted by molar-refractivity contribution is 5.94. The van der Waals surface area contributed by atoms with E-state index in [4.69, 9.17) is 9.84 Å². The van der Waals surface area contributed by atoms with Crippen LogP contribution in [-0.4, -0.2) is 69.0 Å². The van der Waals surface area contributed by atoms with Gasteiger partial charge in [0.2, 0.25) is 0 Å². The van der Waals surface area contributed by atoms with Crippen LogP contribution < -0.4 is 0 Å². The summed E-state index contributed by atoms with van der Waals surface area (Å²) in [6.07, 6.45) is 0.958. The van der Waals surface area contributed by atoms with E-state index in [1.807, 2.05) is 32.5 Å². The van der Waals surface area contributed by atoms with Crippen molar-refractivity contribution < 1.29 is 19.4 Å². The molecule has 3 rings (SSSR count). The molecule has 0 spiro atoms. The topological polar surface area (TPSA) is 87.9 Å². The van der Waals surface area contributed by atoms with Crippen molar-refractivity contribution in [2.24, 2.45) is 11.8 Å². The number of amides is 2. The van der Waals surface area contributed by atoms with Crippen molar-refractivity contribution in [1.82, 2.24) is 19.6 Å². The van der Waals surface area contributed by atoms with E-state index in [0.717, 1.165) is 11.3 Å². The number of rotatable bonds is 3. The summed E-state index contributed by atoms with van der Waals surface area (Å²) < 4.78 is 7.33. The van der Waals surface area contributed by atoms with Gasteiger partial charge >= 0.3 is 6.09 Å². The van der Waals surface area contributed by atoms with Gasteiger partial charge in [0.1, 0.15) is 11.3 Å². The van der Waals surface area contributed by atoms with E-state index < -0.39 is 5.60 Å². The summed E-state index contributed by atoms with van der Waals surface area (Å²) in [5.41, 5.74) is 1.76. The highest BCUT2D eigenvalue weighted by Gasteiger charge is 2.36. The fraction of sp³-hybridized carbons (Fsp3) is 0.750. The zero-order valence-electron chi connectivity index (χ0n) is 17.6. The van der Waals surface area contributed by atoms with Gasteiger partial charge in [0.15, 0.2) is 0 Å². The van der Waals surface area contributed by atoms with Crippen LogP contribution >= 0.6 is 0 Å². The maximum absolute atomic E-state index is 13.1. The van der Waals surface area contributed by atoms with Crippen LogP contribution in [0, 0.1) is 11.8 Å². The summed E-state index contributed by atoms with van der Waals surface area (Å²) in [4.78, 5) is 29.0. The van der Waals surface area contributed by atoms with Crippen molar-refractivity contribution in [3.05, 3.63) is 17.0 Å². The molecular weight excluding hydrogens is 360 g/mol. The Balaban J connectivity index is 1.87. The Bertz CT molecular complexity index is 752. The molecule has 8 nitrogen and oxygen atoms in total. The van der Waals surface area contributed by atoms with E-state index in [1.54, 1.807) is 9.80 Å². The minimum Gasteiger partial charge on any atom is -0.444 e. The molecule has 0 fully saturated rings. The van der Waals surface area contributed by atoms with Crippen molar-refractivity contribution in [1.29, 1.82) is 0 Å². The van der Waals surface area contributed by atoms with Gasteiger partial charge in [-0.05, 0) is 39.0 Å². The number of aliphatic hydroxyl groups excluding tert-OH is 1. The quantitative estimate of drug-likeness (QED) is 0.849. The molecule has 0 saturated heterocycles. The molecule has 2 aliphatic rings. The molecule has 0 bridgehead atoms. The molecule has 2 unspecified atom stereocenters. The number of carbonyl (C=O) groups is 2. The number of hydrogen-bond donors (Lipinski definition) is 1. The van der Waals surface area contributed by atoms with Gasteiger partial charge in [-0.3, -0.25) is 9.48 Å². The Kier molecular flexibility index (Phi) is 5.70. The molecular formula is C20H32N4O4. The van der Waals surface area contributed by atoms with Gasteiger partial charge in [0.05, 0.1) is 12.2 Å². The minimum absolute atomic E-state index is 0.0570. The predicted octanol–water partition coefficient (Wildman–Crippen LogP) is 1.90. The number of nitrogens with zero attached hydrogens (tertiary/aromatic N) is 4. The lowest BCUT2D eigenvalue weighted by Gasteiger charge is -2.30. The molecule has 1 aromatic heterocycles. The molecule has 0 aromatic carbocycles. The summed E-state index contributed by atoms with van der Waals surface area (Å²) in [7, 11) is 1.81. The second-order valence-corrected chi connectivity index (χ2v) is 9.04. The van der Waals surface area contributed by atoms with Crippen LogP contribution in [0.15, 0.2) is 0 Å². The lowest BCUT2D eigenvalue weighted by atomic mass is 9.91. The van der Waals surface area contributed by atoms with Gasteiger partial charge in [0.25, 0.3) is 5.91 Å². The smallest absolute Gasteiger partial charge is 0.410 e. The first kappa shape index (κ1) is 20.6. The van der Waals surface area contributed by atoms with Gasteiger partial charge < -0.3 is 19.6 Å². The van der Waals surface area contributed by atoms with E-state index in [1.165, 1.54) is 0 Å². The lowest BCUT2D eigenvalue weighted by Crippen LogP contribution is -2.40. The predicted molar refractivity (Wildman–Crippen MR) is 104 cm³/mol. The van der Waals surface area contributed by atoms with Crippen LogP contribution in [0.2, 0.25) is 0 Å². The van der Waals surface area contributed by atoms with Crippen molar-refractivity contribution in [2.45, 2.75) is 59.2 Å². The number of fused-ring (bicyclic) bond motifs is 3. The summed E-state index contributed by atoms with van der Waals surface area (Å²) in [5.74, 6) is 0.454. The number of ether oxygens (including phenoxy) is 1. The maximum atomic E-state index is 13.1. The summed E-state index contributed by atoms with van der Waals surface area (Å²) in [5, 5.41) is 14.0.